The van der Waals surface area contributed by atoms with Gasteiger partial charge in [-0.3, -0.25) is 5.10 Å². The van der Waals surface area contributed by atoms with Crippen LogP contribution in [0.4, 0.5) is 0 Å². The Morgan fingerprint density at radius 1 is 1.32 bits per heavy atom. The molecule has 0 fully saturated rings. The number of H-pyrrole nitrogens is 1. The van der Waals surface area contributed by atoms with Crippen LogP contribution in [-0.4, -0.2) is 37.9 Å². The van der Waals surface area contributed by atoms with E-state index in [1.165, 1.54) is 0 Å². The summed E-state index contributed by atoms with van der Waals surface area (Å²) in [7, 11) is -3.47. The summed E-state index contributed by atoms with van der Waals surface area (Å²) in [6, 6.07) is 0. The molecule has 1 rings (SSSR count). The standard InChI is InChI=1S/C12H23N3O3S/c1-9(2)18-8-6-5-7-13-19(16,17)12-10(3)14-15-11(12)4/h9,13H,5-8H2,1-4H3,(H,14,15). The molecule has 0 amide bonds. The summed E-state index contributed by atoms with van der Waals surface area (Å²) in [5.41, 5.74) is 1.06. The summed E-state index contributed by atoms with van der Waals surface area (Å²) < 4.78 is 32.1. The number of hydrogen-bond acceptors (Lipinski definition) is 4. The van der Waals surface area contributed by atoms with E-state index < -0.39 is 10.0 Å². The fourth-order valence-corrected chi connectivity index (χ4v) is 3.20. The molecule has 0 unspecified atom stereocenters. The van der Waals surface area contributed by atoms with Crippen molar-refractivity contribution in [1.29, 1.82) is 0 Å². The number of aromatic amines is 1. The summed E-state index contributed by atoms with van der Waals surface area (Å²) in [4.78, 5) is 0.255. The first kappa shape index (κ1) is 16.1. The number of ether oxygens (including phenoxy) is 1. The van der Waals surface area contributed by atoms with Crippen molar-refractivity contribution in [1.82, 2.24) is 14.9 Å². The molecule has 1 aromatic rings. The molecule has 0 spiro atoms. The Labute approximate surface area is 115 Å². The van der Waals surface area contributed by atoms with Crippen LogP contribution in [0.1, 0.15) is 38.1 Å². The molecule has 0 aliphatic carbocycles. The van der Waals surface area contributed by atoms with Crippen molar-refractivity contribution in [3.05, 3.63) is 11.4 Å². The van der Waals surface area contributed by atoms with Gasteiger partial charge in [0.05, 0.1) is 17.5 Å². The second-order valence-corrected chi connectivity index (χ2v) is 6.49. The maximum absolute atomic E-state index is 12.1. The Morgan fingerprint density at radius 3 is 2.53 bits per heavy atom. The second kappa shape index (κ2) is 7.02. The zero-order valence-electron chi connectivity index (χ0n) is 12.0. The van der Waals surface area contributed by atoms with Gasteiger partial charge < -0.3 is 4.74 Å². The van der Waals surface area contributed by atoms with Crippen LogP contribution >= 0.6 is 0 Å². The molecule has 2 N–H and O–H groups in total. The third-order valence-electron chi connectivity index (χ3n) is 2.64. The predicted molar refractivity (Wildman–Crippen MR) is 73.6 cm³/mol. The van der Waals surface area contributed by atoms with Crippen LogP contribution in [-0.2, 0) is 14.8 Å². The van der Waals surface area contributed by atoms with E-state index in [0.717, 1.165) is 12.8 Å². The van der Waals surface area contributed by atoms with Crippen molar-refractivity contribution in [2.24, 2.45) is 0 Å². The van der Waals surface area contributed by atoms with Gasteiger partial charge in [0.25, 0.3) is 0 Å². The first-order chi connectivity index (χ1) is 8.84. The molecule has 0 aliphatic rings. The van der Waals surface area contributed by atoms with Crippen LogP contribution in [0.5, 0.6) is 0 Å². The molecule has 6 nitrogen and oxygen atoms in total. The Morgan fingerprint density at radius 2 is 2.00 bits per heavy atom. The maximum Gasteiger partial charge on any atom is 0.244 e. The third-order valence-corrected chi connectivity index (χ3v) is 4.37. The molecule has 0 bridgehead atoms. The van der Waals surface area contributed by atoms with Gasteiger partial charge in [0.2, 0.25) is 10.0 Å². The quantitative estimate of drug-likeness (QED) is 0.710. The molecule has 7 heteroatoms. The van der Waals surface area contributed by atoms with E-state index in [1.54, 1.807) is 13.8 Å². The summed E-state index contributed by atoms with van der Waals surface area (Å²) in [6.07, 6.45) is 1.80. The summed E-state index contributed by atoms with van der Waals surface area (Å²) in [6.45, 7) is 8.40. The molecule has 110 valence electrons. The largest absolute Gasteiger partial charge is 0.379 e. The highest BCUT2D eigenvalue weighted by molar-refractivity contribution is 7.89. The number of unbranched alkanes of at least 4 members (excludes halogenated alkanes) is 1. The topological polar surface area (TPSA) is 84.1 Å². The lowest BCUT2D eigenvalue weighted by Gasteiger charge is -2.08. The minimum absolute atomic E-state index is 0.216. The van der Waals surface area contributed by atoms with Crippen molar-refractivity contribution >= 4 is 10.0 Å². The summed E-state index contributed by atoms with van der Waals surface area (Å²) in [5.74, 6) is 0. The Bertz CT molecular complexity index is 475. The molecule has 0 saturated heterocycles. The second-order valence-electron chi connectivity index (χ2n) is 4.79. The van der Waals surface area contributed by atoms with Gasteiger partial charge in [-0.2, -0.15) is 5.10 Å². The van der Waals surface area contributed by atoms with Gasteiger partial charge in [-0.15, -0.1) is 0 Å². The molecule has 0 saturated carbocycles. The molecular weight excluding hydrogens is 266 g/mol. The van der Waals surface area contributed by atoms with Gasteiger partial charge in [-0.05, 0) is 40.5 Å². The monoisotopic (exact) mass is 289 g/mol. The van der Waals surface area contributed by atoms with Gasteiger partial charge in [0, 0.05) is 13.2 Å². The number of hydrogen-bond donors (Lipinski definition) is 2. The zero-order valence-corrected chi connectivity index (χ0v) is 12.8. The number of rotatable bonds is 8. The zero-order chi connectivity index (χ0) is 14.5. The molecule has 1 aromatic heterocycles. The Kier molecular flexibility index (Phi) is 5.96. The van der Waals surface area contributed by atoms with E-state index in [-0.39, 0.29) is 11.0 Å². The van der Waals surface area contributed by atoms with Gasteiger partial charge in [0.1, 0.15) is 4.90 Å². The molecule has 0 radical (unpaired) electrons. The molecule has 19 heavy (non-hydrogen) atoms. The Balaban J connectivity index is 2.40. The summed E-state index contributed by atoms with van der Waals surface area (Å²) >= 11 is 0. The van der Waals surface area contributed by atoms with E-state index in [4.69, 9.17) is 4.74 Å². The number of nitrogens with zero attached hydrogens (tertiary/aromatic N) is 1. The molecular formula is C12H23N3O3S. The minimum atomic E-state index is -3.47. The van der Waals surface area contributed by atoms with Crippen molar-refractivity contribution in [2.75, 3.05) is 13.2 Å². The average molecular weight is 289 g/mol. The van der Waals surface area contributed by atoms with E-state index >= 15 is 0 Å². The predicted octanol–water partition coefficient (Wildman–Crippen LogP) is 1.51. The summed E-state index contributed by atoms with van der Waals surface area (Å²) in [5, 5.41) is 6.57. The van der Waals surface area contributed by atoms with Crippen LogP contribution in [0, 0.1) is 13.8 Å². The lowest BCUT2D eigenvalue weighted by molar-refractivity contribution is 0.0762. The van der Waals surface area contributed by atoms with Crippen LogP contribution in [0.3, 0.4) is 0 Å². The maximum atomic E-state index is 12.1. The van der Waals surface area contributed by atoms with Gasteiger partial charge in [-0.25, -0.2) is 13.1 Å². The average Bonchev–Trinajstić information content (AvgIpc) is 2.63. The van der Waals surface area contributed by atoms with E-state index in [2.05, 4.69) is 14.9 Å². The SMILES string of the molecule is Cc1n[nH]c(C)c1S(=O)(=O)NCCCCOC(C)C. The van der Waals surface area contributed by atoms with Crippen molar-refractivity contribution < 1.29 is 13.2 Å². The van der Waals surface area contributed by atoms with Crippen molar-refractivity contribution in [3.8, 4) is 0 Å². The van der Waals surface area contributed by atoms with Crippen LogP contribution in [0.25, 0.3) is 0 Å². The fourth-order valence-electron chi connectivity index (χ4n) is 1.76. The first-order valence-electron chi connectivity index (χ1n) is 6.47. The number of aryl methyl sites for hydroxylation is 2. The van der Waals surface area contributed by atoms with Gasteiger partial charge in [-0.1, -0.05) is 0 Å². The van der Waals surface area contributed by atoms with Crippen LogP contribution in [0.15, 0.2) is 4.90 Å². The third kappa shape index (κ3) is 4.93. The lowest BCUT2D eigenvalue weighted by Crippen LogP contribution is -2.26. The molecule has 0 aromatic carbocycles. The lowest BCUT2D eigenvalue weighted by atomic mass is 10.3. The van der Waals surface area contributed by atoms with Gasteiger partial charge >= 0.3 is 0 Å². The molecule has 0 atom stereocenters. The van der Waals surface area contributed by atoms with Crippen LogP contribution < -0.4 is 4.72 Å². The minimum Gasteiger partial charge on any atom is -0.379 e. The van der Waals surface area contributed by atoms with E-state index in [9.17, 15) is 8.42 Å². The van der Waals surface area contributed by atoms with Gasteiger partial charge in [0.15, 0.2) is 0 Å². The molecule has 0 aliphatic heterocycles. The number of nitrogens with one attached hydrogen (secondary N) is 2. The van der Waals surface area contributed by atoms with Crippen molar-refractivity contribution in [3.63, 3.8) is 0 Å². The first-order valence-corrected chi connectivity index (χ1v) is 7.95. The Hall–Kier alpha value is -0.920. The van der Waals surface area contributed by atoms with E-state index in [1.807, 2.05) is 13.8 Å². The molecule has 1 heterocycles. The number of sulfonamides is 1. The normalized spacial score (nSPS) is 12.3. The number of aromatic nitrogens is 2. The highest BCUT2D eigenvalue weighted by atomic mass is 32.2. The smallest absolute Gasteiger partial charge is 0.244 e. The van der Waals surface area contributed by atoms with Crippen LogP contribution in [0.2, 0.25) is 0 Å². The highest BCUT2D eigenvalue weighted by Crippen LogP contribution is 2.15. The van der Waals surface area contributed by atoms with E-state index in [0.29, 0.717) is 24.5 Å². The highest BCUT2D eigenvalue weighted by Gasteiger charge is 2.21. The van der Waals surface area contributed by atoms with Crippen molar-refractivity contribution in [2.45, 2.75) is 51.5 Å². The fraction of sp³-hybridized carbons (Fsp3) is 0.750.